The second kappa shape index (κ2) is 3.59. The summed E-state index contributed by atoms with van der Waals surface area (Å²) in [6.07, 6.45) is 2.42. The molecule has 0 aliphatic rings. The summed E-state index contributed by atoms with van der Waals surface area (Å²) >= 11 is 0. The van der Waals surface area contributed by atoms with E-state index in [0.29, 0.717) is 12.2 Å². The van der Waals surface area contributed by atoms with E-state index in [0.717, 1.165) is 11.8 Å². The van der Waals surface area contributed by atoms with Crippen LogP contribution < -0.4 is 5.73 Å². The van der Waals surface area contributed by atoms with Crippen molar-refractivity contribution in [3.05, 3.63) is 23.5 Å². The molecule has 1 aromatic rings. The number of carbonyl (C=O) groups is 1. The van der Waals surface area contributed by atoms with Crippen molar-refractivity contribution >= 4 is 6.29 Å². The van der Waals surface area contributed by atoms with Gasteiger partial charge in [0.15, 0.2) is 6.29 Å². The summed E-state index contributed by atoms with van der Waals surface area (Å²) in [6.45, 7) is 0.335. The molecular weight excluding hydrogens is 140 g/mol. The Kier molecular flexibility index (Phi) is 2.47. The van der Waals surface area contributed by atoms with E-state index in [1.165, 1.54) is 0 Å². The van der Waals surface area contributed by atoms with Crippen molar-refractivity contribution in [2.24, 2.45) is 5.73 Å². The summed E-state index contributed by atoms with van der Waals surface area (Å²) in [4.78, 5) is 12.9. The number of aldehydes is 1. The lowest BCUT2D eigenvalue weighted by molar-refractivity contribution is 0.111. The van der Waals surface area contributed by atoms with Crippen LogP contribution in [0.25, 0.3) is 0 Å². The monoisotopic (exact) mass is 148 g/mol. The lowest BCUT2D eigenvalue weighted by Crippen LogP contribution is -1.92. The first-order valence-corrected chi connectivity index (χ1v) is 3.19. The zero-order chi connectivity index (χ0) is 8.10. The number of rotatable bonds is 1. The summed E-state index contributed by atoms with van der Waals surface area (Å²) in [5, 5.41) is 0. The average molecular weight is 148 g/mol. The van der Waals surface area contributed by atoms with Gasteiger partial charge < -0.3 is 10.7 Å². The summed E-state index contributed by atoms with van der Waals surface area (Å²) in [6, 6.07) is 1.68. The Labute approximate surface area is 64.6 Å². The SMILES string of the molecule is NCC#Cc1c[nH]c(C=O)c1. The second-order valence-corrected chi connectivity index (χ2v) is 1.97. The van der Waals surface area contributed by atoms with E-state index in [2.05, 4.69) is 16.8 Å². The highest BCUT2D eigenvalue weighted by Crippen LogP contribution is 1.97. The Morgan fingerprint density at radius 1 is 1.73 bits per heavy atom. The van der Waals surface area contributed by atoms with Crippen molar-refractivity contribution in [3.63, 3.8) is 0 Å². The summed E-state index contributed by atoms with van der Waals surface area (Å²) in [5.74, 6) is 5.48. The fourth-order valence-electron chi connectivity index (χ4n) is 0.705. The highest BCUT2D eigenvalue weighted by Gasteiger charge is 1.91. The second-order valence-electron chi connectivity index (χ2n) is 1.97. The molecule has 0 amide bonds. The molecule has 0 aromatic carbocycles. The quantitative estimate of drug-likeness (QED) is 0.439. The number of nitrogens with two attached hydrogens (primary N) is 1. The summed E-state index contributed by atoms with van der Waals surface area (Å²) in [7, 11) is 0. The predicted octanol–water partition coefficient (Wildman–Crippen LogP) is 0.137. The topological polar surface area (TPSA) is 58.9 Å². The first kappa shape index (κ1) is 7.58. The van der Waals surface area contributed by atoms with Gasteiger partial charge in [0.05, 0.1) is 12.2 Å². The predicted molar refractivity (Wildman–Crippen MR) is 42.1 cm³/mol. The normalized spacial score (nSPS) is 8.45. The van der Waals surface area contributed by atoms with Gasteiger partial charge >= 0.3 is 0 Å². The van der Waals surface area contributed by atoms with Crippen molar-refractivity contribution in [1.29, 1.82) is 0 Å². The molecule has 0 radical (unpaired) electrons. The number of H-pyrrole nitrogens is 1. The van der Waals surface area contributed by atoms with Gasteiger partial charge in [-0.05, 0) is 6.07 Å². The number of aromatic nitrogens is 1. The highest BCUT2D eigenvalue weighted by atomic mass is 16.1. The summed E-state index contributed by atoms with van der Waals surface area (Å²) < 4.78 is 0. The maximum absolute atomic E-state index is 10.2. The van der Waals surface area contributed by atoms with E-state index in [1.54, 1.807) is 12.3 Å². The molecule has 3 heteroatoms. The van der Waals surface area contributed by atoms with Gasteiger partial charge in [-0.2, -0.15) is 0 Å². The van der Waals surface area contributed by atoms with Crippen LogP contribution >= 0.6 is 0 Å². The van der Waals surface area contributed by atoms with E-state index in [1.807, 2.05) is 0 Å². The molecule has 0 saturated carbocycles. The molecule has 1 rings (SSSR count). The number of hydrogen-bond donors (Lipinski definition) is 2. The standard InChI is InChI=1S/C8H8N2O/c9-3-1-2-7-4-8(6-11)10-5-7/h4-6,10H,3,9H2. The van der Waals surface area contributed by atoms with Gasteiger partial charge in [0.1, 0.15) is 0 Å². The molecule has 0 spiro atoms. The fraction of sp³-hybridized carbons (Fsp3) is 0.125. The first-order valence-electron chi connectivity index (χ1n) is 3.19. The number of carbonyl (C=O) groups excluding carboxylic acids is 1. The van der Waals surface area contributed by atoms with E-state index >= 15 is 0 Å². The molecular formula is C8H8N2O. The highest BCUT2D eigenvalue weighted by molar-refractivity contribution is 5.72. The van der Waals surface area contributed by atoms with Crippen LogP contribution in [0, 0.1) is 11.8 Å². The van der Waals surface area contributed by atoms with E-state index in [4.69, 9.17) is 5.73 Å². The third-order valence-electron chi connectivity index (χ3n) is 1.17. The molecule has 1 heterocycles. The number of nitrogens with one attached hydrogen (secondary N) is 1. The summed E-state index contributed by atoms with van der Waals surface area (Å²) in [5.41, 5.74) is 6.49. The third kappa shape index (κ3) is 1.95. The Morgan fingerprint density at radius 3 is 3.09 bits per heavy atom. The molecule has 3 N–H and O–H groups in total. The van der Waals surface area contributed by atoms with Gasteiger partial charge in [-0.15, -0.1) is 0 Å². The minimum atomic E-state index is 0.335. The molecule has 0 aliphatic carbocycles. The van der Waals surface area contributed by atoms with Crippen molar-refractivity contribution < 1.29 is 4.79 Å². The van der Waals surface area contributed by atoms with Crippen LogP contribution in [0.2, 0.25) is 0 Å². The maximum Gasteiger partial charge on any atom is 0.166 e. The Morgan fingerprint density at radius 2 is 2.55 bits per heavy atom. The Bertz CT molecular complexity index is 303. The molecule has 0 fully saturated rings. The van der Waals surface area contributed by atoms with Crippen LogP contribution in [0.3, 0.4) is 0 Å². The smallest absolute Gasteiger partial charge is 0.166 e. The van der Waals surface area contributed by atoms with Gasteiger partial charge in [-0.1, -0.05) is 11.8 Å². The van der Waals surface area contributed by atoms with Gasteiger partial charge in [-0.3, -0.25) is 4.79 Å². The van der Waals surface area contributed by atoms with Crippen LogP contribution in [0.1, 0.15) is 16.1 Å². The van der Waals surface area contributed by atoms with E-state index in [-0.39, 0.29) is 0 Å². The van der Waals surface area contributed by atoms with Crippen LogP contribution in [0.4, 0.5) is 0 Å². The molecule has 0 saturated heterocycles. The number of hydrogen-bond acceptors (Lipinski definition) is 2. The van der Waals surface area contributed by atoms with Gasteiger partial charge in [0.25, 0.3) is 0 Å². The van der Waals surface area contributed by atoms with Crippen molar-refractivity contribution in [1.82, 2.24) is 4.98 Å². The largest absolute Gasteiger partial charge is 0.358 e. The molecule has 0 atom stereocenters. The molecule has 0 unspecified atom stereocenters. The van der Waals surface area contributed by atoms with Crippen molar-refractivity contribution in [2.45, 2.75) is 0 Å². The van der Waals surface area contributed by atoms with Crippen LogP contribution in [0.5, 0.6) is 0 Å². The van der Waals surface area contributed by atoms with Crippen LogP contribution in [-0.4, -0.2) is 17.8 Å². The molecule has 56 valence electrons. The lowest BCUT2D eigenvalue weighted by Gasteiger charge is -1.74. The fourth-order valence-corrected chi connectivity index (χ4v) is 0.705. The maximum atomic E-state index is 10.2. The van der Waals surface area contributed by atoms with Gasteiger partial charge in [0.2, 0.25) is 0 Å². The average Bonchev–Trinajstić information content (AvgIpc) is 2.48. The molecule has 0 bridgehead atoms. The Balaban J connectivity index is 2.80. The Hall–Kier alpha value is -1.53. The number of aromatic amines is 1. The first-order chi connectivity index (χ1) is 5.36. The van der Waals surface area contributed by atoms with Gasteiger partial charge in [0, 0.05) is 11.8 Å². The van der Waals surface area contributed by atoms with Crippen molar-refractivity contribution in [3.8, 4) is 11.8 Å². The molecule has 11 heavy (non-hydrogen) atoms. The van der Waals surface area contributed by atoms with Gasteiger partial charge in [-0.25, -0.2) is 0 Å². The lowest BCUT2D eigenvalue weighted by atomic mass is 10.3. The molecule has 3 nitrogen and oxygen atoms in total. The van der Waals surface area contributed by atoms with Crippen molar-refractivity contribution in [2.75, 3.05) is 6.54 Å². The van der Waals surface area contributed by atoms with E-state index < -0.39 is 0 Å². The zero-order valence-corrected chi connectivity index (χ0v) is 5.92. The molecule has 0 aliphatic heterocycles. The molecule has 1 aromatic heterocycles. The minimum Gasteiger partial charge on any atom is -0.358 e. The minimum absolute atomic E-state index is 0.335. The third-order valence-corrected chi connectivity index (χ3v) is 1.17. The van der Waals surface area contributed by atoms with E-state index in [9.17, 15) is 4.79 Å². The van der Waals surface area contributed by atoms with Crippen LogP contribution in [-0.2, 0) is 0 Å². The zero-order valence-electron chi connectivity index (χ0n) is 5.92. The van der Waals surface area contributed by atoms with Crippen LogP contribution in [0.15, 0.2) is 12.3 Å².